The minimum absolute atomic E-state index is 0.0572. The molecule has 1 unspecified atom stereocenters. The summed E-state index contributed by atoms with van der Waals surface area (Å²) in [5, 5.41) is 5.54. The fourth-order valence-corrected chi connectivity index (χ4v) is 3.80. The number of rotatable bonds is 12. The normalized spacial score (nSPS) is 12.3. The molecular formula is C25H33N9O6. The van der Waals surface area contributed by atoms with E-state index in [1.54, 1.807) is 52.2 Å². The highest BCUT2D eigenvalue weighted by Crippen LogP contribution is 2.20. The number of nitrogens with two attached hydrogens (primary N) is 2. The summed E-state index contributed by atoms with van der Waals surface area (Å²) in [6.45, 7) is 3.77. The first-order valence-corrected chi connectivity index (χ1v) is 12.5. The number of benzene rings is 1. The summed E-state index contributed by atoms with van der Waals surface area (Å²) in [7, 11) is 3.48. The Morgan fingerprint density at radius 2 is 1.70 bits per heavy atom. The van der Waals surface area contributed by atoms with Crippen LogP contribution in [0, 0.1) is 0 Å². The Bertz CT molecular complexity index is 1430. The molecule has 0 aliphatic rings. The first-order chi connectivity index (χ1) is 19.1. The standard InChI is InChI=1S/C25H33N9O6/c1-5-39-23(37)15(26)11-16(24(38)40-6-2)30-21(35)13-7-9-14(10-8-13)34(4)12-17-19(28-3)31-20-18(29-17)22(36)33-25(27)32-20/h7-10,15-16H,5-6,11-12,26H2,1-4H3,(H,30,35)(H4,27,28,31,32,33,36)/t15?,16-/m0/s1. The third-order valence-electron chi connectivity index (χ3n) is 5.78. The van der Waals surface area contributed by atoms with Crippen molar-refractivity contribution in [1.82, 2.24) is 25.3 Å². The van der Waals surface area contributed by atoms with Gasteiger partial charge in [0.15, 0.2) is 17.0 Å². The molecule has 2 atom stereocenters. The molecule has 15 heteroatoms. The zero-order valence-corrected chi connectivity index (χ0v) is 22.7. The third-order valence-corrected chi connectivity index (χ3v) is 5.78. The Balaban J connectivity index is 1.74. The number of fused-ring (bicyclic) bond motifs is 1. The lowest BCUT2D eigenvalue weighted by atomic mass is 10.1. The maximum Gasteiger partial charge on any atom is 0.328 e. The number of hydrogen-bond donors (Lipinski definition) is 5. The number of nitrogens with zero attached hydrogens (tertiary/aromatic N) is 4. The number of carbonyl (C=O) groups is 3. The summed E-state index contributed by atoms with van der Waals surface area (Å²) in [4.78, 5) is 66.6. The second-order valence-electron chi connectivity index (χ2n) is 8.67. The molecule has 0 aliphatic carbocycles. The molecule has 2 heterocycles. The molecular weight excluding hydrogens is 522 g/mol. The summed E-state index contributed by atoms with van der Waals surface area (Å²) >= 11 is 0. The van der Waals surface area contributed by atoms with Gasteiger partial charge < -0.3 is 36.5 Å². The van der Waals surface area contributed by atoms with Gasteiger partial charge in [-0.15, -0.1) is 0 Å². The highest BCUT2D eigenvalue weighted by Gasteiger charge is 2.28. The van der Waals surface area contributed by atoms with Gasteiger partial charge in [0.05, 0.1) is 19.8 Å². The average molecular weight is 556 g/mol. The molecule has 3 rings (SSSR count). The minimum Gasteiger partial charge on any atom is -0.465 e. The first kappa shape index (κ1) is 29.8. The van der Waals surface area contributed by atoms with Gasteiger partial charge in [0.1, 0.15) is 17.8 Å². The Labute approximate surface area is 229 Å². The summed E-state index contributed by atoms with van der Waals surface area (Å²) in [5.41, 5.74) is 12.6. The number of amides is 1. The van der Waals surface area contributed by atoms with Gasteiger partial charge in [-0.25, -0.2) is 14.8 Å². The SMILES string of the molecule is CCOC(=O)C(N)C[C@H](NC(=O)c1ccc(N(C)Cc2nc3c(=O)[nH]c(N)nc3nc2NC)cc1)C(=O)OCC. The lowest BCUT2D eigenvalue weighted by Crippen LogP contribution is -2.47. The van der Waals surface area contributed by atoms with E-state index in [0.29, 0.717) is 11.5 Å². The van der Waals surface area contributed by atoms with E-state index >= 15 is 0 Å². The largest absolute Gasteiger partial charge is 0.465 e. The molecule has 1 aromatic carbocycles. The maximum absolute atomic E-state index is 12.9. The summed E-state index contributed by atoms with van der Waals surface area (Å²) < 4.78 is 9.92. The van der Waals surface area contributed by atoms with Gasteiger partial charge in [-0.2, -0.15) is 4.98 Å². The first-order valence-electron chi connectivity index (χ1n) is 12.5. The van der Waals surface area contributed by atoms with Crippen molar-refractivity contribution >= 4 is 46.5 Å². The second-order valence-corrected chi connectivity index (χ2v) is 8.67. The van der Waals surface area contributed by atoms with Crippen LogP contribution >= 0.6 is 0 Å². The Kier molecular flexibility index (Phi) is 9.92. The van der Waals surface area contributed by atoms with Gasteiger partial charge in [-0.3, -0.25) is 19.4 Å². The van der Waals surface area contributed by atoms with E-state index in [4.69, 9.17) is 20.9 Å². The summed E-state index contributed by atoms with van der Waals surface area (Å²) in [6.07, 6.45) is -0.185. The van der Waals surface area contributed by atoms with Gasteiger partial charge in [0.2, 0.25) is 5.95 Å². The number of ether oxygens (including phenoxy) is 2. The zero-order chi connectivity index (χ0) is 29.4. The van der Waals surface area contributed by atoms with Crippen LogP contribution in [0.4, 0.5) is 17.5 Å². The third kappa shape index (κ3) is 7.19. The number of nitrogens with one attached hydrogen (secondary N) is 3. The molecule has 2 aromatic heterocycles. The quantitative estimate of drug-likeness (QED) is 0.185. The number of nitrogen functional groups attached to an aromatic ring is 1. The van der Waals surface area contributed by atoms with Gasteiger partial charge >= 0.3 is 11.9 Å². The summed E-state index contributed by atoms with van der Waals surface area (Å²) in [6, 6.07) is 4.32. The van der Waals surface area contributed by atoms with Crippen LogP contribution in [0.2, 0.25) is 0 Å². The van der Waals surface area contributed by atoms with Crippen LogP contribution in [0.3, 0.4) is 0 Å². The van der Waals surface area contributed by atoms with Crippen molar-refractivity contribution in [3.63, 3.8) is 0 Å². The maximum atomic E-state index is 12.9. The van der Waals surface area contributed by atoms with Crippen LogP contribution in [-0.2, 0) is 25.6 Å². The molecule has 40 heavy (non-hydrogen) atoms. The van der Waals surface area contributed by atoms with E-state index in [1.807, 2.05) is 4.90 Å². The van der Waals surface area contributed by atoms with Crippen molar-refractivity contribution < 1.29 is 23.9 Å². The Morgan fingerprint density at radius 3 is 2.33 bits per heavy atom. The van der Waals surface area contributed by atoms with Crippen molar-refractivity contribution in [2.45, 2.75) is 38.9 Å². The number of anilines is 3. The molecule has 1 amide bonds. The van der Waals surface area contributed by atoms with Gasteiger partial charge in [-0.05, 0) is 38.1 Å². The van der Waals surface area contributed by atoms with E-state index < -0.39 is 35.5 Å². The van der Waals surface area contributed by atoms with E-state index in [-0.39, 0.29) is 48.9 Å². The summed E-state index contributed by atoms with van der Waals surface area (Å²) in [5.74, 6) is -1.56. The molecule has 7 N–H and O–H groups in total. The monoisotopic (exact) mass is 555 g/mol. The van der Waals surface area contributed by atoms with Crippen LogP contribution in [0.25, 0.3) is 11.2 Å². The number of aromatic amines is 1. The Morgan fingerprint density at radius 1 is 1.05 bits per heavy atom. The lowest BCUT2D eigenvalue weighted by Gasteiger charge is -2.21. The number of hydrogen-bond acceptors (Lipinski definition) is 13. The highest BCUT2D eigenvalue weighted by molar-refractivity contribution is 5.97. The van der Waals surface area contributed by atoms with Crippen molar-refractivity contribution in [3.05, 3.63) is 45.9 Å². The topological polar surface area (TPSA) is 221 Å². The van der Waals surface area contributed by atoms with E-state index in [0.717, 1.165) is 5.69 Å². The molecule has 0 radical (unpaired) electrons. The van der Waals surface area contributed by atoms with Crippen molar-refractivity contribution in [3.8, 4) is 0 Å². The lowest BCUT2D eigenvalue weighted by molar-refractivity contribution is -0.147. The predicted octanol–water partition coefficient (Wildman–Crippen LogP) is -0.0846. The van der Waals surface area contributed by atoms with Crippen LogP contribution in [0.5, 0.6) is 0 Å². The molecule has 0 fully saturated rings. The molecule has 0 aliphatic heterocycles. The molecule has 15 nitrogen and oxygen atoms in total. The molecule has 0 saturated carbocycles. The number of H-pyrrole nitrogens is 1. The van der Waals surface area contributed by atoms with Crippen LogP contribution in [-0.4, -0.2) is 77.2 Å². The highest BCUT2D eigenvalue weighted by atomic mass is 16.5. The number of aromatic nitrogens is 4. The molecule has 0 bridgehead atoms. The van der Waals surface area contributed by atoms with E-state index in [1.165, 1.54) is 0 Å². The van der Waals surface area contributed by atoms with Crippen molar-refractivity contribution in [1.29, 1.82) is 0 Å². The molecule has 0 spiro atoms. The van der Waals surface area contributed by atoms with Crippen LogP contribution in [0.1, 0.15) is 36.3 Å². The van der Waals surface area contributed by atoms with Gasteiger partial charge in [0, 0.05) is 31.8 Å². The predicted molar refractivity (Wildman–Crippen MR) is 148 cm³/mol. The zero-order valence-electron chi connectivity index (χ0n) is 22.7. The van der Waals surface area contributed by atoms with E-state index in [2.05, 4.69) is 30.6 Å². The minimum atomic E-state index is -1.14. The fourth-order valence-electron chi connectivity index (χ4n) is 3.80. The fraction of sp³-hybridized carbons (Fsp3) is 0.400. The van der Waals surface area contributed by atoms with Crippen molar-refractivity contribution in [2.24, 2.45) is 5.73 Å². The Hall–Kier alpha value is -4.79. The van der Waals surface area contributed by atoms with Crippen molar-refractivity contribution in [2.75, 3.05) is 43.3 Å². The average Bonchev–Trinajstić information content (AvgIpc) is 2.92. The second kappa shape index (κ2) is 13.3. The molecule has 3 aromatic rings. The number of carbonyl (C=O) groups excluding carboxylic acids is 3. The van der Waals surface area contributed by atoms with Gasteiger partial charge in [-0.1, -0.05) is 0 Å². The number of esters is 2. The van der Waals surface area contributed by atoms with Gasteiger partial charge in [0.25, 0.3) is 11.5 Å². The van der Waals surface area contributed by atoms with Crippen LogP contribution in [0.15, 0.2) is 29.1 Å². The molecule has 214 valence electrons. The smallest absolute Gasteiger partial charge is 0.328 e. The van der Waals surface area contributed by atoms with E-state index in [9.17, 15) is 19.2 Å². The molecule has 0 saturated heterocycles. The van der Waals surface area contributed by atoms with Crippen LogP contribution < -0.4 is 32.6 Å².